The summed E-state index contributed by atoms with van der Waals surface area (Å²) < 4.78 is 10.8. The van der Waals surface area contributed by atoms with Crippen LogP contribution in [0, 0.1) is 0 Å². The van der Waals surface area contributed by atoms with Crippen LogP contribution in [-0.2, 0) is 10.3 Å². The van der Waals surface area contributed by atoms with Crippen LogP contribution in [0.1, 0.15) is 33.5 Å². The van der Waals surface area contributed by atoms with Crippen LogP contribution in [0.5, 0.6) is 0 Å². The first-order valence-corrected chi connectivity index (χ1v) is 8.95. The second-order valence-electron chi connectivity index (χ2n) is 8.04. The average molecular weight is 364 g/mol. The first-order valence-electron chi connectivity index (χ1n) is 8.95. The Kier molecular flexibility index (Phi) is 4.88. The highest BCUT2D eigenvalue weighted by atomic mass is 16.6. The molecule has 3 rings (SSSR count). The predicted molar refractivity (Wildman–Crippen MR) is 96.9 cm³/mol. The molecule has 1 aromatic heterocycles. The molecule has 0 saturated carbocycles. The number of ether oxygens (including phenoxy) is 1. The van der Waals surface area contributed by atoms with Gasteiger partial charge < -0.3 is 29.4 Å². The topological polar surface area (TPSA) is 90.5 Å². The maximum atomic E-state index is 12.3. The number of nitrogens with one attached hydrogen (secondary N) is 1. The molecule has 1 saturated heterocycles. The second-order valence-corrected chi connectivity index (χ2v) is 8.04. The number of guanidine groups is 1. The van der Waals surface area contributed by atoms with Gasteiger partial charge in [0.15, 0.2) is 5.96 Å². The number of nitrogens with zero attached hydrogens (tertiary/aromatic N) is 3. The molecule has 144 valence electrons. The molecule has 2 unspecified atom stereocenters. The summed E-state index contributed by atoms with van der Waals surface area (Å²) >= 11 is 0. The van der Waals surface area contributed by atoms with Crippen LogP contribution < -0.4 is 5.32 Å². The van der Waals surface area contributed by atoms with Gasteiger partial charge in [-0.15, -0.1) is 0 Å². The van der Waals surface area contributed by atoms with Gasteiger partial charge >= 0.3 is 6.09 Å². The quantitative estimate of drug-likeness (QED) is 0.842. The number of aliphatic imine (C=N–C) groups is 1. The summed E-state index contributed by atoms with van der Waals surface area (Å²) in [4.78, 5) is 20.7. The molecule has 0 radical (unpaired) electrons. The molecule has 2 atom stereocenters. The van der Waals surface area contributed by atoms with E-state index in [-0.39, 0.29) is 12.1 Å². The second kappa shape index (κ2) is 6.83. The molecule has 0 aromatic carbocycles. The number of piperazine rings is 1. The molecule has 8 nitrogen and oxygen atoms in total. The Morgan fingerprint density at radius 2 is 2.19 bits per heavy atom. The van der Waals surface area contributed by atoms with Gasteiger partial charge in [0.25, 0.3) is 0 Å². The van der Waals surface area contributed by atoms with E-state index in [0.717, 1.165) is 5.96 Å². The van der Waals surface area contributed by atoms with E-state index >= 15 is 0 Å². The van der Waals surface area contributed by atoms with E-state index in [1.807, 2.05) is 20.8 Å². The van der Waals surface area contributed by atoms with Crippen LogP contribution in [0.15, 0.2) is 27.8 Å². The summed E-state index contributed by atoms with van der Waals surface area (Å²) in [6.07, 6.45) is 1.27. The van der Waals surface area contributed by atoms with Crippen molar-refractivity contribution in [2.24, 2.45) is 4.99 Å². The Balaban J connectivity index is 1.53. The van der Waals surface area contributed by atoms with Crippen molar-refractivity contribution in [3.8, 4) is 0 Å². The van der Waals surface area contributed by atoms with Gasteiger partial charge in [-0.1, -0.05) is 0 Å². The third-order valence-corrected chi connectivity index (χ3v) is 4.50. The van der Waals surface area contributed by atoms with Crippen LogP contribution in [0.25, 0.3) is 0 Å². The van der Waals surface area contributed by atoms with Crippen molar-refractivity contribution in [3.05, 3.63) is 24.2 Å². The third kappa shape index (κ3) is 4.12. The number of carbonyl (C=O) groups is 1. The van der Waals surface area contributed by atoms with Gasteiger partial charge in [0.2, 0.25) is 0 Å². The number of hydrogen-bond acceptors (Lipinski definition) is 7. The minimum atomic E-state index is -1.12. The van der Waals surface area contributed by atoms with E-state index in [2.05, 4.69) is 15.2 Å². The largest absolute Gasteiger partial charge is 0.466 e. The molecule has 2 aliphatic heterocycles. The van der Waals surface area contributed by atoms with Crippen molar-refractivity contribution in [1.82, 2.24) is 15.1 Å². The Morgan fingerprint density at radius 3 is 2.85 bits per heavy atom. The molecule has 0 aliphatic carbocycles. The molecule has 0 bridgehead atoms. The van der Waals surface area contributed by atoms with Gasteiger partial charge in [-0.05, 0) is 39.8 Å². The molecule has 2 aliphatic rings. The van der Waals surface area contributed by atoms with Gasteiger partial charge in [0.1, 0.15) is 17.0 Å². The lowest BCUT2D eigenvalue weighted by molar-refractivity contribution is 0.0134. The Morgan fingerprint density at radius 1 is 1.42 bits per heavy atom. The Bertz CT molecular complexity index is 663. The molecule has 1 aromatic rings. The summed E-state index contributed by atoms with van der Waals surface area (Å²) in [7, 11) is 0. The Labute approximate surface area is 153 Å². The van der Waals surface area contributed by atoms with Crippen molar-refractivity contribution < 1.29 is 19.1 Å². The molecule has 0 spiro atoms. The third-order valence-electron chi connectivity index (χ3n) is 4.50. The van der Waals surface area contributed by atoms with E-state index < -0.39 is 11.2 Å². The lowest BCUT2D eigenvalue weighted by atomic mass is 10.0. The van der Waals surface area contributed by atoms with Crippen LogP contribution in [0.4, 0.5) is 4.79 Å². The van der Waals surface area contributed by atoms with Crippen molar-refractivity contribution in [2.75, 3.05) is 32.7 Å². The number of amides is 1. The van der Waals surface area contributed by atoms with E-state index in [0.29, 0.717) is 38.5 Å². The fourth-order valence-electron chi connectivity index (χ4n) is 3.15. The number of furan rings is 1. The fraction of sp³-hybridized carbons (Fsp3) is 0.667. The number of hydrogen-bond donors (Lipinski definition) is 2. The highest BCUT2D eigenvalue weighted by Crippen LogP contribution is 2.22. The maximum Gasteiger partial charge on any atom is 0.410 e. The van der Waals surface area contributed by atoms with Crippen molar-refractivity contribution >= 4 is 12.1 Å². The number of aliphatic hydroxyl groups is 1. The van der Waals surface area contributed by atoms with Crippen LogP contribution in [-0.4, -0.2) is 71.3 Å². The van der Waals surface area contributed by atoms with Crippen molar-refractivity contribution in [1.29, 1.82) is 0 Å². The molecular formula is C18H28N4O4. The monoisotopic (exact) mass is 364 g/mol. The number of carbonyl (C=O) groups excluding carboxylic acids is 1. The van der Waals surface area contributed by atoms with Gasteiger partial charge in [0, 0.05) is 19.6 Å². The predicted octanol–water partition coefficient (Wildman–Crippen LogP) is 1.37. The summed E-state index contributed by atoms with van der Waals surface area (Å²) in [5, 5.41) is 13.8. The Hall–Kier alpha value is -2.22. The number of rotatable bonds is 3. The van der Waals surface area contributed by atoms with Crippen LogP contribution in [0.2, 0.25) is 0 Å². The zero-order valence-electron chi connectivity index (χ0n) is 15.9. The van der Waals surface area contributed by atoms with E-state index in [4.69, 9.17) is 9.15 Å². The molecule has 1 amide bonds. The SMILES string of the molecule is CC(C)(C)OC(=O)N1CCN2C(NCC(C)(O)c3ccco3)=NCC2C1. The normalized spacial score (nSPS) is 22.5. The van der Waals surface area contributed by atoms with Crippen molar-refractivity contribution in [3.63, 3.8) is 0 Å². The minimum Gasteiger partial charge on any atom is -0.466 e. The zero-order valence-corrected chi connectivity index (χ0v) is 15.9. The van der Waals surface area contributed by atoms with Gasteiger partial charge in [-0.2, -0.15) is 0 Å². The smallest absolute Gasteiger partial charge is 0.410 e. The highest BCUT2D eigenvalue weighted by molar-refractivity contribution is 5.82. The molecule has 3 heterocycles. The van der Waals surface area contributed by atoms with Gasteiger partial charge in [-0.3, -0.25) is 4.99 Å². The maximum absolute atomic E-state index is 12.3. The minimum absolute atomic E-state index is 0.132. The molecule has 8 heteroatoms. The first kappa shape index (κ1) is 18.6. The lowest BCUT2D eigenvalue weighted by Crippen LogP contribution is -2.58. The molecule has 1 fully saturated rings. The van der Waals surface area contributed by atoms with Gasteiger partial charge in [0.05, 0.1) is 25.4 Å². The standard InChI is InChI=1S/C18H28N4O4/c1-17(2,3)26-16(23)21-7-8-22-13(11-21)10-19-15(22)20-12-18(4,24)14-6-5-9-25-14/h5-6,9,13,24H,7-8,10-12H2,1-4H3,(H,19,20). The van der Waals surface area contributed by atoms with E-state index in [1.165, 1.54) is 0 Å². The van der Waals surface area contributed by atoms with E-state index in [9.17, 15) is 9.90 Å². The zero-order chi connectivity index (χ0) is 18.9. The number of fused-ring (bicyclic) bond motifs is 1. The van der Waals surface area contributed by atoms with Crippen molar-refractivity contribution in [2.45, 2.75) is 44.9 Å². The lowest BCUT2D eigenvalue weighted by Gasteiger charge is -2.39. The average Bonchev–Trinajstić information content (AvgIpc) is 3.21. The summed E-state index contributed by atoms with van der Waals surface area (Å²) in [6, 6.07) is 3.64. The summed E-state index contributed by atoms with van der Waals surface area (Å²) in [5.74, 6) is 1.26. The highest BCUT2D eigenvalue weighted by Gasteiger charge is 2.37. The van der Waals surface area contributed by atoms with Gasteiger partial charge in [-0.25, -0.2) is 4.79 Å². The van der Waals surface area contributed by atoms with Crippen LogP contribution in [0.3, 0.4) is 0 Å². The summed E-state index contributed by atoms with van der Waals surface area (Å²) in [5.41, 5.74) is -1.62. The molecule has 2 N–H and O–H groups in total. The fourth-order valence-corrected chi connectivity index (χ4v) is 3.15. The molecular weight excluding hydrogens is 336 g/mol. The van der Waals surface area contributed by atoms with E-state index in [1.54, 1.807) is 30.2 Å². The summed E-state index contributed by atoms with van der Waals surface area (Å²) in [6.45, 7) is 10.1. The molecule has 26 heavy (non-hydrogen) atoms. The first-order chi connectivity index (χ1) is 12.2. The van der Waals surface area contributed by atoms with Crippen LogP contribution >= 0.6 is 0 Å².